The van der Waals surface area contributed by atoms with Crippen LogP contribution < -0.4 is 35.3 Å². The van der Waals surface area contributed by atoms with E-state index in [2.05, 4.69) is 26.5 Å². The number of rotatable bonds is 7. The molecule has 5 aliphatic heterocycles. The molecule has 7 rings (SSSR count). The normalized spacial score (nSPS) is 27.4. The van der Waals surface area contributed by atoms with Crippen LogP contribution in [-0.2, 0) is 30.3 Å². The van der Waals surface area contributed by atoms with E-state index in [0.717, 1.165) is 11.1 Å². The van der Waals surface area contributed by atoms with Gasteiger partial charge in [-0.05, 0) is 51.3 Å². The van der Waals surface area contributed by atoms with Crippen LogP contribution in [0.3, 0.4) is 0 Å². The number of amides is 2. The first-order valence-electron chi connectivity index (χ1n) is 18.7. The zero-order chi connectivity index (χ0) is 40.5. The van der Waals surface area contributed by atoms with E-state index >= 15 is 0 Å². The summed E-state index contributed by atoms with van der Waals surface area (Å²) in [5.74, 6) is -1.32. The highest BCUT2D eigenvalue weighted by molar-refractivity contribution is 7.99. The van der Waals surface area contributed by atoms with Crippen molar-refractivity contribution in [2.75, 3.05) is 33.3 Å². The van der Waals surface area contributed by atoms with Crippen molar-refractivity contribution < 1.29 is 48.0 Å². The summed E-state index contributed by atoms with van der Waals surface area (Å²) in [6.07, 6.45) is 0.453. The number of aryl methyl sites for hydroxylation is 1. The zero-order valence-corrected chi connectivity index (χ0v) is 33.4. The van der Waals surface area contributed by atoms with Crippen LogP contribution in [0, 0.1) is 31.1 Å². The van der Waals surface area contributed by atoms with E-state index in [0.29, 0.717) is 45.9 Å². The molecule has 5 aliphatic rings. The Balaban J connectivity index is 1.43. The summed E-state index contributed by atoms with van der Waals surface area (Å²) in [7, 11) is 3.44. The molecule has 2 aromatic carbocycles. The lowest BCUT2D eigenvalue weighted by atomic mass is 9.71. The first-order valence-corrected chi connectivity index (χ1v) is 19.7. The van der Waals surface area contributed by atoms with Gasteiger partial charge in [-0.25, -0.2) is 4.79 Å². The molecule has 2 amide bonds. The number of carbonyl (C=O) groups is 4. The van der Waals surface area contributed by atoms with Crippen LogP contribution in [0.5, 0.6) is 28.7 Å². The largest absolute Gasteiger partial charge is 0.504 e. The number of hydrogen-bond acceptors (Lipinski definition) is 15. The van der Waals surface area contributed by atoms with Gasteiger partial charge < -0.3 is 45.2 Å². The molecule has 0 spiro atoms. The molecule has 4 bridgehead atoms. The number of nitriles is 1. The zero-order valence-electron chi connectivity index (χ0n) is 32.6. The van der Waals surface area contributed by atoms with E-state index in [4.69, 9.17) is 29.4 Å². The maximum absolute atomic E-state index is 14.0. The van der Waals surface area contributed by atoms with Crippen LogP contribution in [0.4, 0.5) is 0 Å². The lowest BCUT2D eigenvalue weighted by molar-refractivity contribution is -0.153. The summed E-state index contributed by atoms with van der Waals surface area (Å²) >= 11 is 1.33. The van der Waals surface area contributed by atoms with Gasteiger partial charge in [-0.2, -0.15) is 5.26 Å². The topological polar surface area (TPSA) is 215 Å². The second-order valence-electron chi connectivity index (χ2n) is 15.5. The summed E-state index contributed by atoms with van der Waals surface area (Å²) in [5, 5.41) is 27.9. The number of likely N-dealkylation sites (N-methyl/N-ethyl adjacent to an activating group) is 1. The van der Waals surface area contributed by atoms with E-state index in [1.807, 2.05) is 20.0 Å². The van der Waals surface area contributed by atoms with Crippen LogP contribution in [0.15, 0.2) is 6.07 Å². The molecule has 2 aromatic rings. The predicted octanol–water partition coefficient (Wildman–Crippen LogP) is 2.20. The minimum absolute atomic E-state index is 0.00133. The van der Waals surface area contributed by atoms with Gasteiger partial charge in [0.25, 0.3) is 0 Å². The van der Waals surface area contributed by atoms with Crippen molar-refractivity contribution in [2.24, 2.45) is 11.7 Å². The predicted molar refractivity (Wildman–Crippen MR) is 202 cm³/mol. The van der Waals surface area contributed by atoms with Gasteiger partial charge in [0.15, 0.2) is 23.0 Å². The van der Waals surface area contributed by atoms with E-state index in [1.54, 1.807) is 20.8 Å². The van der Waals surface area contributed by atoms with Gasteiger partial charge in [-0.15, -0.1) is 11.8 Å². The Kier molecular flexibility index (Phi) is 10.5. The Morgan fingerprint density at radius 2 is 1.80 bits per heavy atom. The summed E-state index contributed by atoms with van der Waals surface area (Å²) < 4.78 is 29.9. The molecule has 0 aromatic heterocycles. The number of nitrogens with zero attached hydrogens (tertiary/aromatic N) is 3. The number of ether oxygens (including phenoxy) is 5. The number of benzene rings is 2. The SMILES string of the molecule is COc1c(C)cc2c(c1O)[C@@H]1C3[C@@H]4SC[C@H](NC(=O)C(NC(=O)C(C)N)C(C)C)C(=O)OC[C@H](c5c6c(c(C)c(OC(C)=O)c54)OCO6)N3[C@@H](C#N)[C@H](C2)N1C. The van der Waals surface area contributed by atoms with E-state index in [9.17, 15) is 29.5 Å². The van der Waals surface area contributed by atoms with Crippen LogP contribution in [0.1, 0.15) is 78.4 Å². The van der Waals surface area contributed by atoms with E-state index in [-0.39, 0.29) is 42.6 Å². The fourth-order valence-corrected chi connectivity index (χ4v) is 10.7. The third-order valence-electron chi connectivity index (χ3n) is 11.6. The number of cyclic esters (lactones) is 1. The van der Waals surface area contributed by atoms with Gasteiger partial charge in [0.1, 0.15) is 30.5 Å². The molecule has 5 N–H and O–H groups in total. The molecule has 0 saturated carbocycles. The molecule has 2 saturated heterocycles. The number of hydrogen-bond donors (Lipinski definition) is 4. The van der Waals surface area contributed by atoms with Crippen molar-refractivity contribution in [1.82, 2.24) is 20.4 Å². The molecule has 0 aliphatic carbocycles. The number of nitrogens with two attached hydrogens (primary N) is 1. The number of nitrogens with one attached hydrogen (secondary N) is 2. The average Bonchev–Trinajstić information content (AvgIpc) is 3.63. The molecular formula is C39H48N6O10S. The van der Waals surface area contributed by atoms with Crippen molar-refractivity contribution in [2.45, 2.75) is 102 Å². The molecular weight excluding hydrogens is 745 g/mol. The second kappa shape index (κ2) is 15.0. The summed E-state index contributed by atoms with van der Waals surface area (Å²) in [6, 6.07) is -1.45. The molecule has 0 radical (unpaired) electrons. The summed E-state index contributed by atoms with van der Waals surface area (Å²) in [4.78, 5) is 57.4. The molecule has 5 heterocycles. The Morgan fingerprint density at radius 1 is 1.09 bits per heavy atom. The fourth-order valence-electron chi connectivity index (χ4n) is 9.15. The van der Waals surface area contributed by atoms with Gasteiger partial charge in [-0.1, -0.05) is 19.9 Å². The van der Waals surface area contributed by atoms with Gasteiger partial charge in [0.2, 0.25) is 18.6 Å². The highest BCUT2D eigenvalue weighted by atomic mass is 32.2. The highest BCUT2D eigenvalue weighted by Gasteiger charge is 2.61. The van der Waals surface area contributed by atoms with Gasteiger partial charge in [0, 0.05) is 47.0 Å². The van der Waals surface area contributed by atoms with Crippen LogP contribution >= 0.6 is 11.8 Å². The molecule has 17 heteroatoms. The average molecular weight is 793 g/mol. The van der Waals surface area contributed by atoms with Gasteiger partial charge in [-0.3, -0.25) is 24.2 Å². The minimum Gasteiger partial charge on any atom is -0.504 e. The van der Waals surface area contributed by atoms with Crippen molar-refractivity contribution >= 4 is 35.5 Å². The lowest BCUT2D eigenvalue weighted by Gasteiger charge is -2.61. The maximum atomic E-state index is 14.0. The highest BCUT2D eigenvalue weighted by Crippen LogP contribution is 2.64. The quantitative estimate of drug-likeness (QED) is 0.234. The number of phenols is 1. The third kappa shape index (κ3) is 6.27. The minimum atomic E-state index is -1.17. The monoisotopic (exact) mass is 792 g/mol. The Morgan fingerprint density at radius 3 is 2.45 bits per heavy atom. The number of methoxy groups -OCH3 is 1. The second-order valence-corrected chi connectivity index (χ2v) is 16.6. The summed E-state index contributed by atoms with van der Waals surface area (Å²) in [6.45, 7) is 9.65. The van der Waals surface area contributed by atoms with E-state index in [1.165, 1.54) is 32.7 Å². The first kappa shape index (κ1) is 39.5. The maximum Gasteiger partial charge on any atom is 0.329 e. The van der Waals surface area contributed by atoms with Crippen molar-refractivity contribution in [3.8, 4) is 34.8 Å². The van der Waals surface area contributed by atoms with Crippen molar-refractivity contribution in [1.29, 1.82) is 5.26 Å². The number of esters is 2. The number of piperazine rings is 1. The Bertz CT molecular complexity index is 2040. The molecule has 3 unspecified atom stereocenters. The number of thioether (sulfide) groups is 1. The van der Waals surface area contributed by atoms with E-state index < -0.39 is 71.3 Å². The van der Waals surface area contributed by atoms with Gasteiger partial charge in [0.05, 0.1) is 36.6 Å². The lowest BCUT2D eigenvalue weighted by Crippen LogP contribution is -2.69. The molecule has 9 atom stereocenters. The van der Waals surface area contributed by atoms with Crippen molar-refractivity contribution in [3.63, 3.8) is 0 Å². The van der Waals surface area contributed by atoms with Crippen molar-refractivity contribution in [3.05, 3.63) is 39.4 Å². The fraction of sp³-hybridized carbons (Fsp3) is 0.564. The molecule has 300 valence electrons. The number of aromatic hydroxyl groups is 1. The van der Waals surface area contributed by atoms with Crippen LogP contribution in [0.25, 0.3) is 0 Å². The summed E-state index contributed by atoms with van der Waals surface area (Å²) in [5.41, 5.74) is 9.81. The van der Waals surface area contributed by atoms with Crippen LogP contribution in [0.2, 0.25) is 0 Å². The Labute approximate surface area is 329 Å². The van der Waals surface area contributed by atoms with Gasteiger partial charge >= 0.3 is 11.9 Å². The molecule has 16 nitrogen and oxygen atoms in total. The number of fused-ring (bicyclic) bond motifs is 9. The third-order valence-corrected chi connectivity index (χ3v) is 13.0. The van der Waals surface area contributed by atoms with Crippen LogP contribution in [-0.4, -0.2) is 108 Å². The Hall–Kier alpha value is -4.76. The number of phenolic OH excluding ortho intramolecular Hbond substituents is 1. The smallest absolute Gasteiger partial charge is 0.329 e. The first-order chi connectivity index (χ1) is 26.6. The molecule has 2 fully saturated rings. The standard InChI is InChI=1S/C39H48N6O10S/c1-15(2)28(43-37(48)18(5)41)38(49)42-21-13-56-36-27-26(35-34(53-14-54-35)17(4)33(27)55-19(6)46)24(12-52-39(21)50)45-23(11-40)22-10-20-9-16(3)32(51-8)31(47)25(20)29(30(36)45)44(22)7/h9,15,18,21-24,28-30,36,47H,10,12-14,41H2,1-8H3,(H,42,49)(H,43,48)/t18?,21-,22-,23-,24+,28?,29+,30?,36+/m0/s1. The molecule has 56 heavy (non-hydrogen) atoms. The number of carbonyl (C=O) groups excluding carboxylic acids is 4.